The van der Waals surface area contributed by atoms with Gasteiger partial charge in [-0.15, -0.1) is 34.0 Å². The number of benzene rings is 4. The fourth-order valence-corrected chi connectivity index (χ4v) is 18.7. The molecule has 29 nitrogen and oxygen atoms in total. The van der Waals surface area contributed by atoms with E-state index in [1.807, 2.05) is 0 Å². The van der Waals surface area contributed by atoms with E-state index in [9.17, 15) is 99.9 Å². The van der Waals surface area contributed by atoms with E-state index in [4.69, 9.17) is 35.2 Å². The van der Waals surface area contributed by atoms with Gasteiger partial charge >= 0.3 is 23.9 Å². The number of carboxylic acid groups (broad SMARTS) is 4. The summed E-state index contributed by atoms with van der Waals surface area (Å²) in [6.07, 6.45) is 26.6. The van der Waals surface area contributed by atoms with Crippen LogP contribution in [0.25, 0.3) is 98.8 Å². The Bertz CT molecular complexity index is 7590. The molecule has 128 heavy (non-hydrogen) atoms. The van der Waals surface area contributed by atoms with E-state index in [0.717, 1.165) is 52.3 Å². The Balaban J connectivity index is 0.000000120. The molecule has 4 aromatic carbocycles. The number of nitrogens with one attached hydrogen (secondary N) is 1. The van der Waals surface area contributed by atoms with Crippen LogP contribution in [-0.4, -0.2) is 120 Å². The van der Waals surface area contributed by atoms with Gasteiger partial charge in [0.2, 0.25) is 5.56 Å². The van der Waals surface area contributed by atoms with E-state index in [0.29, 0.717) is 59.4 Å². The van der Waals surface area contributed by atoms with Crippen molar-refractivity contribution in [3.05, 3.63) is 302 Å². The van der Waals surface area contributed by atoms with Crippen molar-refractivity contribution in [2.24, 2.45) is 17.2 Å². The van der Waals surface area contributed by atoms with E-state index >= 15 is 0 Å². The van der Waals surface area contributed by atoms with Crippen LogP contribution in [0.15, 0.2) is 194 Å². The average Bonchev–Trinajstić information content (AvgIpc) is 1.58. The van der Waals surface area contributed by atoms with Gasteiger partial charge in [0.15, 0.2) is 28.1 Å². The van der Waals surface area contributed by atoms with E-state index in [-0.39, 0.29) is 220 Å². The maximum atomic E-state index is 14.9. The van der Waals surface area contributed by atoms with Gasteiger partial charge in [-0.2, -0.15) is 0 Å². The summed E-state index contributed by atoms with van der Waals surface area (Å²) in [4.78, 5) is 154. The van der Waals surface area contributed by atoms with Crippen LogP contribution in [-0.2, 0) is 51.8 Å². The van der Waals surface area contributed by atoms with Crippen LogP contribution < -0.4 is 27.5 Å². The van der Waals surface area contributed by atoms with Crippen LogP contribution in [0.4, 0.5) is 22.0 Å². The Morgan fingerprint density at radius 1 is 0.453 bits per heavy atom. The molecular weight excluding hydrogens is 1730 g/mol. The lowest BCUT2D eigenvalue weighted by Crippen LogP contribution is -2.16. The minimum absolute atomic E-state index is 0.0218. The summed E-state index contributed by atoms with van der Waals surface area (Å²) in [5.74, 6) is -10.9. The van der Waals surface area contributed by atoms with Gasteiger partial charge in [0.05, 0.1) is 108 Å². The number of allylic oxidation sites excluding steroid dienone is 16. The molecule has 11 aromatic heterocycles. The first-order chi connectivity index (χ1) is 61.5. The number of thiophene rings is 2. The number of Topliss-reactive ketones (excluding diaryl/α,β-unsaturated/α-hetero) is 4. The monoisotopic (exact) mass is 1790 g/mol. The maximum Gasteiger partial charge on any atom is 0.353 e. The van der Waals surface area contributed by atoms with Gasteiger partial charge in [-0.25, -0.2) is 46.1 Å². The highest BCUT2D eigenvalue weighted by Gasteiger charge is 2.38. The smallest absolute Gasteiger partial charge is 0.353 e. The molecule has 0 saturated carbocycles. The number of H-pyrrole nitrogens is 1. The number of amides is 3. The van der Waals surface area contributed by atoms with Gasteiger partial charge in [0.1, 0.15) is 74.4 Å². The number of carboxylic acids is 4. The van der Waals surface area contributed by atoms with E-state index < -0.39 is 76.2 Å². The number of ketones is 4. The SMILES string of the molecule is NC(=O)c1cc(Cn2c(C(=O)O)c(C3=CC=CCC3=O)c3c4c(c(F)cc32)CCO4)cs1.NC(=O)c1cc(Cn2c(C(=O)O)c(C3=CC=CCC3=O)c3c4occc4c(F)cc32)cs1.NC(=O)c1ncc(Cn2c(C(=O)O)c(C3=CC=CCC3=O)c3c4occc4c(F)cc32)s1.O=C1CC=CC=C1c1c(C(=O)O)n(Cc2cc(=O)[nH]cc2F)c2cc(F)c3ccoc3c12. The summed E-state index contributed by atoms with van der Waals surface area (Å²) in [6, 6.07) is 13.4. The Labute approximate surface area is 724 Å². The molecule has 642 valence electrons. The summed E-state index contributed by atoms with van der Waals surface area (Å²) >= 11 is 3.29. The minimum Gasteiger partial charge on any atom is -0.492 e. The third-order valence-electron chi connectivity index (χ3n) is 21.8. The van der Waals surface area contributed by atoms with Crippen LogP contribution in [0.2, 0.25) is 0 Å². The summed E-state index contributed by atoms with van der Waals surface area (Å²) in [6.45, 7) is -0.0387. The molecule has 0 radical (unpaired) electrons. The standard InChI is InChI=1S/C23H14F2N2O5.C23H17FN2O5S.C23H15FN2O5S.C22H14FN3O5S/c24-14-8-16-20(22-12(14)5-6-32-22)19(13-3-1-2-4-17(13)28)21(23(30)31)27(16)10-11-7-18(29)26-9-15(11)25;2*24-14-8-15-19(21-12(14)5-6-31-21)18(13-3-1-2-4-16(13)27)20(23(29)30)26(15)9-11-7-17(22(25)28)32-10-11;23-13-7-14-17(19-11(13)5-6-31-19)16(12-3-1-2-4-15(12)27)18(22(29)30)26(14)9-10-8-25-21(32-10)20(24)28/h1-3,5-9H,4,10H2,(H,26,29)(H,30,31);1-3,7-8,10H,4-6,9H2,(H2,25,28)(H,29,30);1-3,5-8,10H,4,9H2,(H2,25,28)(H,29,30);1-3,5-8H,4,9H2,(H2,24,28)(H,29,30). The van der Waals surface area contributed by atoms with Gasteiger partial charge in [0.25, 0.3) is 17.7 Å². The van der Waals surface area contributed by atoms with Gasteiger partial charge in [-0.05, 0) is 76.5 Å². The largest absolute Gasteiger partial charge is 0.492 e. The fraction of sp³-hybridized carbons (Fsp3) is 0.110. The van der Waals surface area contributed by atoms with Crippen molar-refractivity contribution in [1.29, 1.82) is 0 Å². The molecular formula is C91H60F5N9O20S3. The number of carbonyl (C=O) groups excluding carboxylic acids is 7. The number of ether oxygens (including phenoxy) is 1. The first-order valence-corrected chi connectivity index (χ1v) is 41.1. The molecule has 37 heteroatoms. The zero-order valence-corrected chi connectivity index (χ0v) is 68.2. The van der Waals surface area contributed by atoms with Crippen molar-refractivity contribution in [1.82, 2.24) is 28.2 Å². The number of nitrogens with zero attached hydrogens (tertiary/aromatic N) is 5. The number of thiazole rings is 1. The molecule has 5 aliphatic rings. The first kappa shape index (κ1) is 84.2. The summed E-state index contributed by atoms with van der Waals surface area (Å²) in [5.41, 5.74) is 18.9. The second-order valence-electron chi connectivity index (χ2n) is 29.4. The van der Waals surface area contributed by atoms with Gasteiger partial charge in [-0.3, -0.25) is 38.4 Å². The predicted molar refractivity (Wildman–Crippen MR) is 461 cm³/mol. The van der Waals surface area contributed by atoms with Crippen LogP contribution in [0.1, 0.15) is 146 Å². The third kappa shape index (κ3) is 14.9. The molecule has 3 amide bonds. The number of pyridine rings is 1. The Morgan fingerprint density at radius 2 is 0.820 bits per heavy atom. The Kier molecular flexibility index (Phi) is 22.1. The number of aromatic carboxylic acids is 4. The number of fused-ring (bicyclic) bond motifs is 12. The second-order valence-corrected chi connectivity index (χ2v) is 32.4. The number of aromatic amines is 1. The second kappa shape index (κ2) is 33.6. The molecule has 11 N–H and O–H groups in total. The van der Waals surface area contributed by atoms with Crippen molar-refractivity contribution in [2.45, 2.75) is 58.3 Å². The number of rotatable bonds is 19. The zero-order chi connectivity index (χ0) is 90.3. The average molecular weight is 1790 g/mol. The van der Waals surface area contributed by atoms with E-state index in [1.165, 1.54) is 85.7 Å². The normalized spacial score (nSPS) is 14.1. The number of hydrogen-bond acceptors (Lipinski definition) is 20. The molecule has 20 rings (SSSR count). The molecule has 4 aliphatic carbocycles. The number of hydrogen-bond donors (Lipinski definition) is 8. The molecule has 0 spiro atoms. The summed E-state index contributed by atoms with van der Waals surface area (Å²) in [5, 5.41) is 45.8. The number of carbonyl (C=O) groups is 11. The summed E-state index contributed by atoms with van der Waals surface area (Å²) in [7, 11) is 0. The molecule has 15 aromatic rings. The highest BCUT2D eigenvalue weighted by Crippen LogP contribution is 2.48. The minimum atomic E-state index is -1.40. The van der Waals surface area contributed by atoms with Crippen molar-refractivity contribution in [3.8, 4) is 5.75 Å². The molecule has 0 fully saturated rings. The van der Waals surface area contributed by atoms with E-state index in [1.54, 1.807) is 89.7 Å². The topological polar surface area (TPSA) is 461 Å². The van der Waals surface area contributed by atoms with Crippen LogP contribution in [0.3, 0.4) is 0 Å². The number of nitrogens with two attached hydrogens (primary N) is 3. The predicted octanol–water partition coefficient (Wildman–Crippen LogP) is 15.6. The van der Waals surface area contributed by atoms with Crippen LogP contribution in [0.5, 0.6) is 5.75 Å². The maximum absolute atomic E-state index is 14.9. The Hall–Kier alpha value is -16.0. The number of aromatic nitrogens is 6. The van der Waals surface area contributed by atoms with Crippen LogP contribution in [0, 0.1) is 29.1 Å². The van der Waals surface area contributed by atoms with Gasteiger partial charge in [-0.1, -0.05) is 72.9 Å². The molecule has 1 aliphatic heterocycles. The number of primary amides is 3. The lowest BCUT2D eigenvalue weighted by Gasteiger charge is -2.11. The number of furan rings is 3. The van der Waals surface area contributed by atoms with Crippen molar-refractivity contribution in [3.63, 3.8) is 0 Å². The lowest BCUT2D eigenvalue weighted by atomic mass is 9.92. The third-order valence-corrected chi connectivity index (χ3v) is 24.8. The molecule has 0 saturated heterocycles. The highest BCUT2D eigenvalue weighted by molar-refractivity contribution is 7.13. The highest BCUT2D eigenvalue weighted by atomic mass is 32.1. The van der Waals surface area contributed by atoms with E-state index in [2.05, 4.69) is 9.97 Å². The molecule has 0 bridgehead atoms. The lowest BCUT2D eigenvalue weighted by molar-refractivity contribution is -0.113. The number of halogens is 5. The van der Waals surface area contributed by atoms with Crippen molar-refractivity contribution in [2.75, 3.05) is 6.61 Å². The summed E-state index contributed by atoms with van der Waals surface area (Å²) < 4.78 is 102. The van der Waals surface area contributed by atoms with Gasteiger partial charge in [0, 0.05) is 124 Å². The molecule has 0 atom stereocenters. The first-order valence-electron chi connectivity index (χ1n) is 38.5. The zero-order valence-electron chi connectivity index (χ0n) is 65.7. The Morgan fingerprint density at radius 3 is 1.18 bits per heavy atom. The van der Waals surface area contributed by atoms with Gasteiger partial charge < -0.3 is 78.9 Å². The van der Waals surface area contributed by atoms with Crippen molar-refractivity contribution < 1.29 is 113 Å². The van der Waals surface area contributed by atoms with Crippen LogP contribution >= 0.6 is 34.0 Å². The molecule has 0 unspecified atom stereocenters. The fourth-order valence-electron chi connectivity index (χ4n) is 16.5. The quantitative estimate of drug-likeness (QED) is 0.0349. The molecule has 12 heterocycles. The van der Waals surface area contributed by atoms with Crippen molar-refractivity contribution >= 4 is 198 Å².